The van der Waals surface area contributed by atoms with E-state index in [1.165, 1.54) is 0 Å². The molecule has 0 heterocycles. The third-order valence-corrected chi connectivity index (χ3v) is 0. The van der Waals surface area contributed by atoms with E-state index in [1.807, 2.05) is 0 Å². The Hall–Kier alpha value is 2.96. The molecule has 0 amide bonds. The van der Waals surface area contributed by atoms with Crippen molar-refractivity contribution in [1.82, 2.24) is 0 Å². The molecule has 0 aliphatic heterocycles. The minimum Gasteiger partial charge on any atom is -1.00 e. The van der Waals surface area contributed by atoms with Gasteiger partial charge in [-0.3, -0.25) is 0 Å². The van der Waals surface area contributed by atoms with Crippen molar-refractivity contribution in [2.75, 3.05) is 0 Å². The predicted molar refractivity (Wildman–Crippen MR) is 220 cm³/mol. The summed E-state index contributed by atoms with van der Waals surface area (Å²) in [6.45, 7) is 0. The third kappa shape index (κ3) is 20400. The molecule has 56 heavy (non-hydrogen) atoms. The van der Waals surface area contributed by atoms with Crippen LogP contribution >= 0.6 is 0 Å². The molecule has 0 aromatic rings. The monoisotopic (exact) mass is 1100 g/mol. The zero-order chi connectivity index (χ0) is 0. The Labute approximate surface area is 443 Å². The number of rotatable bonds is 0. The van der Waals surface area contributed by atoms with E-state index in [4.69, 9.17) is 0 Å². The van der Waals surface area contributed by atoms with E-state index in [0.717, 1.165) is 0 Å². The van der Waals surface area contributed by atoms with Gasteiger partial charge >= 0.3 is 151 Å². The van der Waals surface area contributed by atoms with Gasteiger partial charge in [-0.15, -0.1) is 0 Å². The molecule has 0 unspecified atom stereocenters. The molecule has 0 atom stereocenters. The average molecular weight is 1110 g/mol. The summed E-state index contributed by atoms with van der Waals surface area (Å²) >= 11 is 0. The fraction of sp³-hybridized carbons (Fsp3) is 0. The van der Waals surface area contributed by atoms with Crippen LogP contribution in [0, 0.1) is 0 Å². The van der Waals surface area contributed by atoms with Crippen LogP contribution in [0.3, 0.4) is 0 Å². The fourth-order valence-corrected chi connectivity index (χ4v) is 0. The summed E-state index contributed by atoms with van der Waals surface area (Å²) in [6, 6.07) is 0. The number of hydrogen-bond donors (Lipinski definition) is 0. The summed E-state index contributed by atoms with van der Waals surface area (Å²) in [5, 5.41) is 0. The van der Waals surface area contributed by atoms with Crippen molar-refractivity contribution >= 4 is 151 Å². The van der Waals surface area contributed by atoms with Crippen LogP contribution in [0.4, 0.5) is 0 Å². The van der Waals surface area contributed by atoms with Crippen LogP contribution in [-0.2, 0) is 0 Å². The molecule has 0 saturated heterocycles. The van der Waals surface area contributed by atoms with Crippen molar-refractivity contribution in [3.05, 3.63) is 0 Å². The minimum atomic E-state index is 0. The summed E-state index contributed by atoms with van der Waals surface area (Å²) in [6.07, 6.45) is 0. The topological polar surface area (TPSA) is 1640 Å². The van der Waals surface area contributed by atoms with Gasteiger partial charge in [0.15, 0.2) is 0 Å². The first-order chi connectivity index (χ1) is 0. The van der Waals surface area contributed by atoms with Crippen molar-refractivity contribution in [2.45, 2.75) is 0 Å². The maximum absolute atomic E-state index is 0. The molecule has 0 aromatic carbocycles. The maximum Gasteiger partial charge on any atom is 2.00 e. The molecule has 52 nitrogen and oxygen atoms in total. The SMILES string of the molecule is O.O.O.O.O.O.O.O.O.O.O.O.O.O.O.O.O.O.O.O.O.O.O.O.O.O.O.O.O.O.O.O.O.O.O.O.O.O.O.O.O.O.O.O.O.O.O.O.O.O.O.O.[Ca+2].[Ca+2].[Ca+2].[Ca+2].[H-].[H-].[H-].[H-].[H-].[H-].[H-].[H-]. The smallest absolute Gasteiger partial charge is 1.00 e. The van der Waals surface area contributed by atoms with Crippen LogP contribution < -0.4 is 0 Å². The van der Waals surface area contributed by atoms with Gasteiger partial charge in [0.05, 0.1) is 0 Å². The molecule has 0 aliphatic rings. The average Bonchev–Trinajstić information content (AvgIpc) is 0. The maximum atomic E-state index is 0. The second kappa shape index (κ2) is 21500. The molecule has 0 aliphatic carbocycles. The molecule has 432 valence electrons. The second-order valence-electron chi connectivity index (χ2n) is 0. The largest absolute Gasteiger partial charge is 2.00 e. The molecule has 56 heteroatoms. The zero-order valence-corrected chi connectivity index (χ0v) is 37.7. The molecule has 0 saturated carbocycles. The van der Waals surface area contributed by atoms with Crippen molar-refractivity contribution in [2.24, 2.45) is 0 Å². The van der Waals surface area contributed by atoms with Gasteiger partial charge in [0, 0.05) is 0 Å². The molecule has 0 spiro atoms. The summed E-state index contributed by atoms with van der Waals surface area (Å²) in [4.78, 5) is 0. The first-order valence-corrected chi connectivity index (χ1v) is 0. The van der Waals surface area contributed by atoms with Crippen molar-refractivity contribution in [3.8, 4) is 0 Å². The van der Waals surface area contributed by atoms with Crippen LogP contribution in [0.25, 0.3) is 0 Å². The van der Waals surface area contributed by atoms with E-state index in [-0.39, 0.29) is 447 Å². The van der Waals surface area contributed by atoms with E-state index in [9.17, 15) is 0 Å². The Balaban J connectivity index is 0. The van der Waals surface area contributed by atoms with E-state index >= 15 is 0 Å². The summed E-state index contributed by atoms with van der Waals surface area (Å²) < 4.78 is 0. The van der Waals surface area contributed by atoms with Crippen molar-refractivity contribution < 1.29 is 296 Å². The van der Waals surface area contributed by atoms with Crippen molar-refractivity contribution in [1.29, 1.82) is 0 Å². The second-order valence-corrected chi connectivity index (χ2v) is 0. The quantitative estimate of drug-likeness (QED) is 0.204. The first-order valence-electron chi connectivity index (χ1n) is 0. The Morgan fingerprint density at radius 2 is 0.0536 bits per heavy atom. The van der Waals surface area contributed by atoms with E-state index in [2.05, 4.69) is 0 Å². The Morgan fingerprint density at radius 3 is 0.0536 bits per heavy atom. The molecule has 0 bridgehead atoms. The molecular weight excluding hydrogens is 992 g/mol. The molecule has 0 fully saturated rings. The molecular formula is H112Ca4O52. The van der Waals surface area contributed by atoms with E-state index < -0.39 is 0 Å². The van der Waals surface area contributed by atoms with Gasteiger partial charge in [0.1, 0.15) is 0 Å². The normalized spacial score (nSPS) is 0. The summed E-state index contributed by atoms with van der Waals surface area (Å²) in [7, 11) is 0. The van der Waals surface area contributed by atoms with Gasteiger partial charge in [-0.2, -0.15) is 0 Å². The first kappa shape index (κ1) is 22600. The molecule has 0 aromatic heterocycles. The molecule has 0 radical (unpaired) electrons. The fourth-order valence-electron chi connectivity index (χ4n) is 0. The molecule has 104 N–H and O–H groups in total. The zero-order valence-electron chi connectivity index (χ0n) is 36.8. The van der Waals surface area contributed by atoms with Crippen LogP contribution in [0.2, 0.25) is 0 Å². The third-order valence-electron chi connectivity index (χ3n) is 0. The van der Waals surface area contributed by atoms with Gasteiger partial charge in [-0.25, -0.2) is 0 Å². The Morgan fingerprint density at radius 1 is 0.0536 bits per heavy atom. The summed E-state index contributed by atoms with van der Waals surface area (Å²) in [5.41, 5.74) is 0. The van der Waals surface area contributed by atoms with Gasteiger partial charge in [-0.1, -0.05) is 0 Å². The van der Waals surface area contributed by atoms with Crippen LogP contribution in [-0.4, -0.2) is 436 Å². The Kier molecular flexibility index (Phi) is 8680000. The summed E-state index contributed by atoms with van der Waals surface area (Å²) in [5.74, 6) is 0. The number of hydrogen-bond acceptors (Lipinski definition) is 0. The van der Waals surface area contributed by atoms with E-state index in [1.54, 1.807) is 0 Å². The van der Waals surface area contributed by atoms with Crippen LogP contribution in [0.5, 0.6) is 0 Å². The van der Waals surface area contributed by atoms with E-state index in [0.29, 0.717) is 0 Å². The van der Waals surface area contributed by atoms with Gasteiger partial charge < -0.3 is 296 Å². The van der Waals surface area contributed by atoms with Crippen molar-refractivity contribution in [3.63, 3.8) is 0 Å². The van der Waals surface area contributed by atoms with Gasteiger partial charge in [-0.05, 0) is 0 Å². The Bertz CT molecular complexity index is 55.6. The standard InChI is InChI=1S/4Ca.52H2O.8H/h;;;;52*1H2;;;;;;;;/q4*+2;;;;;;;;;;;;;;;;;;;;;;;;;;;;;;;;;;;;;;;;;;;;;;;;;;;;;8*-1. The predicted octanol–water partition coefficient (Wildman–Crippen LogP) is -43.5. The molecule has 0 rings (SSSR count). The van der Waals surface area contributed by atoms with Gasteiger partial charge in [0.25, 0.3) is 0 Å². The minimum absolute atomic E-state index is 0. The van der Waals surface area contributed by atoms with Crippen LogP contribution in [0.1, 0.15) is 11.4 Å². The van der Waals surface area contributed by atoms with Gasteiger partial charge in [0.2, 0.25) is 0 Å². The van der Waals surface area contributed by atoms with Crippen LogP contribution in [0.15, 0.2) is 0 Å².